The summed E-state index contributed by atoms with van der Waals surface area (Å²) in [5.74, 6) is 0.0129. The standard InChI is InChI=1S/C11H24N2O2/c1-8(5-4-6-9(2)12)11(15)13-10(3)7-14/h8-10,14H,4-7,12H2,1-3H3,(H,13,15)/t8?,9?,10-/m1/s1. The summed E-state index contributed by atoms with van der Waals surface area (Å²) in [6.07, 6.45) is 2.78. The predicted molar refractivity (Wildman–Crippen MR) is 61.4 cm³/mol. The first kappa shape index (κ1) is 14.4. The van der Waals surface area contributed by atoms with Crippen LogP contribution in [0.2, 0.25) is 0 Å². The topological polar surface area (TPSA) is 75.4 Å². The Morgan fingerprint density at radius 1 is 1.33 bits per heavy atom. The van der Waals surface area contributed by atoms with Crippen molar-refractivity contribution in [3.05, 3.63) is 0 Å². The number of aliphatic hydroxyl groups is 1. The Balaban J connectivity index is 3.69. The molecule has 0 saturated carbocycles. The smallest absolute Gasteiger partial charge is 0.223 e. The van der Waals surface area contributed by atoms with Crippen LogP contribution in [0, 0.1) is 5.92 Å². The molecule has 0 saturated heterocycles. The molecule has 0 fully saturated rings. The van der Waals surface area contributed by atoms with E-state index in [2.05, 4.69) is 5.32 Å². The van der Waals surface area contributed by atoms with Crippen molar-refractivity contribution in [3.63, 3.8) is 0 Å². The molecule has 0 aromatic heterocycles. The highest BCUT2D eigenvalue weighted by molar-refractivity contribution is 5.78. The number of nitrogens with two attached hydrogens (primary N) is 1. The maximum Gasteiger partial charge on any atom is 0.223 e. The molecule has 0 spiro atoms. The maximum atomic E-state index is 11.5. The van der Waals surface area contributed by atoms with E-state index in [4.69, 9.17) is 10.8 Å². The van der Waals surface area contributed by atoms with E-state index in [0.717, 1.165) is 19.3 Å². The zero-order valence-corrected chi connectivity index (χ0v) is 9.99. The minimum atomic E-state index is -0.159. The summed E-state index contributed by atoms with van der Waals surface area (Å²) in [5, 5.41) is 11.5. The molecule has 0 aliphatic heterocycles. The van der Waals surface area contributed by atoms with Crippen LogP contribution in [0.1, 0.15) is 40.0 Å². The molecular formula is C11H24N2O2. The van der Waals surface area contributed by atoms with E-state index in [9.17, 15) is 4.79 Å². The van der Waals surface area contributed by atoms with Crippen molar-refractivity contribution in [3.8, 4) is 0 Å². The number of rotatable bonds is 7. The number of carbonyl (C=O) groups is 1. The Bertz CT molecular complexity index is 183. The van der Waals surface area contributed by atoms with Gasteiger partial charge in [-0.2, -0.15) is 0 Å². The lowest BCUT2D eigenvalue weighted by Crippen LogP contribution is -2.38. The molecule has 0 aromatic rings. The van der Waals surface area contributed by atoms with Gasteiger partial charge in [0.05, 0.1) is 6.61 Å². The van der Waals surface area contributed by atoms with Gasteiger partial charge in [0.25, 0.3) is 0 Å². The van der Waals surface area contributed by atoms with Crippen molar-refractivity contribution < 1.29 is 9.90 Å². The third kappa shape index (κ3) is 7.33. The van der Waals surface area contributed by atoms with Crippen molar-refractivity contribution in [1.29, 1.82) is 0 Å². The van der Waals surface area contributed by atoms with Gasteiger partial charge in [0.2, 0.25) is 5.91 Å². The van der Waals surface area contributed by atoms with Crippen LogP contribution in [0.5, 0.6) is 0 Å². The Hall–Kier alpha value is -0.610. The van der Waals surface area contributed by atoms with Crippen molar-refractivity contribution in [2.75, 3.05) is 6.61 Å². The van der Waals surface area contributed by atoms with Gasteiger partial charge in [-0.15, -0.1) is 0 Å². The van der Waals surface area contributed by atoms with Crippen molar-refractivity contribution >= 4 is 5.91 Å². The van der Waals surface area contributed by atoms with Crippen LogP contribution >= 0.6 is 0 Å². The molecule has 0 aromatic carbocycles. The third-order valence-electron chi connectivity index (χ3n) is 2.41. The number of nitrogens with one attached hydrogen (secondary N) is 1. The van der Waals surface area contributed by atoms with Crippen LogP contribution in [-0.4, -0.2) is 29.7 Å². The molecule has 0 heterocycles. The van der Waals surface area contributed by atoms with Gasteiger partial charge < -0.3 is 16.2 Å². The van der Waals surface area contributed by atoms with Crippen LogP contribution in [-0.2, 0) is 4.79 Å². The van der Waals surface area contributed by atoms with E-state index < -0.39 is 0 Å². The number of amides is 1. The lowest BCUT2D eigenvalue weighted by atomic mass is 10.0. The van der Waals surface area contributed by atoms with Gasteiger partial charge in [0.1, 0.15) is 0 Å². The lowest BCUT2D eigenvalue weighted by molar-refractivity contribution is -0.125. The highest BCUT2D eigenvalue weighted by atomic mass is 16.3. The fraction of sp³-hybridized carbons (Fsp3) is 0.909. The number of carbonyl (C=O) groups excluding carboxylic acids is 1. The zero-order chi connectivity index (χ0) is 11.8. The quantitative estimate of drug-likeness (QED) is 0.584. The third-order valence-corrected chi connectivity index (χ3v) is 2.41. The molecule has 4 N–H and O–H groups in total. The van der Waals surface area contributed by atoms with E-state index in [-0.39, 0.29) is 30.5 Å². The van der Waals surface area contributed by atoms with Crippen LogP contribution in [0.25, 0.3) is 0 Å². The Morgan fingerprint density at radius 3 is 2.40 bits per heavy atom. The van der Waals surface area contributed by atoms with E-state index in [1.807, 2.05) is 13.8 Å². The van der Waals surface area contributed by atoms with Gasteiger partial charge in [0.15, 0.2) is 0 Å². The van der Waals surface area contributed by atoms with Gasteiger partial charge in [-0.1, -0.05) is 13.3 Å². The van der Waals surface area contributed by atoms with Crippen molar-refractivity contribution in [2.24, 2.45) is 11.7 Å². The number of aliphatic hydroxyl groups excluding tert-OH is 1. The fourth-order valence-corrected chi connectivity index (χ4v) is 1.31. The van der Waals surface area contributed by atoms with Crippen molar-refractivity contribution in [2.45, 2.75) is 52.1 Å². The molecule has 0 rings (SSSR count). The molecule has 0 aliphatic rings. The summed E-state index contributed by atoms with van der Waals surface area (Å²) in [4.78, 5) is 11.5. The Morgan fingerprint density at radius 2 is 1.93 bits per heavy atom. The largest absolute Gasteiger partial charge is 0.394 e. The summed E-state index contributed by atoms with van der Waals surface area (Å²) < 4.78 is 0. The maximum absolute atomic E-state index is 11.5. The lowest BCUT2D eigenvalue weighted by Gasteiger charge is -2.16. The number of hydrogen-bond acceptors (Lipinski definition) is 3. The summed E-state index contributed by atoms with van der Waals surface area (Å²) in [5.41, 5.74) is 5.62. The van der Waals surface area contributed by atoms with E-state index in [1.165, 1.54) is 0 Å². The van der Waals surface area contributed by atoms with Crippen LogP contribution in [0.3, 0.4) is 0 Å². The Kier molecular flexibility index (Phi) is 7.34. The molecule has 2 unspecified atom stereocenters. The first-order chi connectivity index (χ1) is 6.97. The molecule has 15 heavy (non-hydrogen) atoms. The fourth-order valence-electron chi connectivity index (χ4n) is 1.31. The van der Waals surface area contributed by atoms with Gasteiger partial charge in [-0.05, 0) is 26.7 Å². The highest BCUT2D eigenvalue weighted by Crippen LogP contribution is 2.09. The molecule has 0 radical (unpaired) electrons. The summed E-state index contributed by atoms with van der Waals surface area (Å²) in [6, 6.07) is 0.0463. The Labute approximate surface area is 92.2 Å². The van der Waals surface area contributed by atoms with Crippen molar-refractivity contribution in [1.82, 2.24) is 5.32 Å². The van der Waals surface area contributed by atoms with Gasteiger partial charge in [-0.25, -0.2) is 0 Å². The van der Waals surface area contributed by atoms with Gasteiger partial charge in [0, 0.05) is 18.0 Å². The molecule has 4 heteroatoms. The average molecular weight is 216 g/mol. The van der Waals surface area contributed by atoms with Crippen LogP contribution in [0.15, 0.2) is 0 Å². The minimum absolute atomic E-state index is 0.00208. The normalized spacial score (nSPS) is 16.9. The minimum Gasteiger partial charge on any atom is -0.394 e. The first-order valence-corrected chi connectivity index (χ1v) is 5.64. The molecular weight excluding hydrogens is 192 g/mol. The highest BCUT2D eigenvalue weighted by Gasteiger charge is 2.14. The molecule has 4 nitrogen and oxygen atoms in total. The van der Waals surface area contributed by atoms with E-state index in [1.54, 1.807) is 6.92 Å². The van der Waals surface area contributed by atoms with E-state index >= 15 is 0 Å². The zero-order valence-electron chi connectivity index (χ0n) is 9.99. The van der Waals surface area contributed by atoms with Gasteiger partial charge >= 0.3 is 0 Å². The van der Waals surface area contributed by atoms with E-state index in [0.29, 0.717) is 0 Å². The second-order valence-corrected chi connectivity index (χ2v) is 4.40. The van der Waals surface area contributed by atoms with Gasteiger partial charge in [-0.3, -0.25) is 4.79 Å². The molecule has 0 bridgehead atoms. The second-order valence-electron chi connectivity index (χ2n) is 4.40. The average Bonchev–Trinajstić information content (AvgIpc) is 2.16. The van der Waals surface area contributed by atoms with Crippen LogP contribution in [0.4, 0.5) is 0 Å². The summed E-state index contributed by atoms with van der Waals surface area (Å²) in [7, 11) is 0. The first-order valence-electron chi connectivity index (χ1n) is 5.64. The SMILES string of the molecule is CC(N)CCCC(C)C(=O)N[C@H](C)CO. The molecule has 90 valence electrons. The van der Waals surface area contributed by atoms with Crippen LogP contribution < -0.4 is 11.1 Å². The predicted octanol–water partition coefficient (Wildman–Crippen LogP) is 0.637. The monoisotopic (exact) mass is 216 g/mol. The molecule has 3 atom stereocenters. The molecule has 0 aliphatic carbocycles. The summed E-state index contributed by atoms with van der Waals surface area (Å²) in [6.45, 7) is 5.64. The molecule has 1 amide bonds. The summed E-state index contributed by atoms with van der Waals surface area (Å²) >= 11 is 0. The second kappa shape index (κ2) is 7.65. The number of hydrogen-bond donors (Lipinski definition) is 3.